The molecule has 3 rings (SSSR count). The summed E-state index contributed by atoms with van der Waals surface area (Å²) < 4.78 is 0.585. The first kappa shape index (κ1) is 15.5. The van der Waals surface area contributed by atoms with Crippen LogP contribution in [-0.4, -0.2) is 48.9 Å². The number of carbonyl (C=O) groups excluding carboxylic acids is 1. The molecule has 2 aromatic rings. The van der Waals surface area contributed by atoms with Crippen molar-refractivity contribution >= 4 is 28.8 Å². The third-order valence-corrected chi connectivity index (χ3v) is 5.39. The second-order valence-electron chi connectivity index (χ2n) is 5.61. The van der Waals surface area contributed by atoms with Gasteiger partial charge in [-0.25, -0.2) is 0 Å². The largest absolute Gasteiger partial charge is 0.337 e. The third kappa shape index (κ3) is 3.35. The van der Waals surface area contributed by atoms with Crippen molar-refractivity contribution in [2.45, 2.75) is 6.42 Å². The number of benzene rings is 1. The average Bonchev–Trinajstić information content (AvgIpc) is 2.79. The minimum Gasteiger partial charge on any atom is -0.337 e. The number of thiophene rings is 1. The smallest absolute Gasteiger partial charge is 0.256 e. The Bertz CT molecular complexity index is 656. The number of hydrogen-bond donors (Lipinski definition) is 0. The van der Waals surface area contributed by atoms with Crippen LogP contribution in [0.25, 0.3) is 10.4 Å². The fourth-order valence-corrected chi connectivity index (χ4v) is 3.94. The van der Waals surface area contributed by atoms with Gasteiger partial charge in [-0.3, -0.25) is 4.79 Å². The minimum absolute atomic E-state index is 0.0544. The number of amides is 1. The van der Waals surface area contributed by atoms with E-state index in [0.29, 0.717) is 9.90 Å². The molecular formula is C17H19ClN2OS. The average molecular weight is 335 g/mol. The van der Waals surface area contributed by atoms with Gasteiger partial charge in [-0.15, -0.1) is 11.3 Å². The lowest BCUT2D eigenvalue weighted by Crippen LogP contribution is -2.34. The van der Waals surface area contributed by atoms with Crippen LogP contribution in [0, 0.1) is 0 Å². The topological polar surface area (TPSA) is 23.6 Å². The van der Waals surface area contributed by atoms with Crippen LogP contribution in [0.2, 0.25) is 4.34 Å². The van der Waals surface area contributed by atoms with Gasteiger partial charge in [0.1, 0.15) is 4.34 Å². The predicted octanol–water partition coefficient (Wildman–Crippen LogP) is 3.85. The molecule has 0 unspecified atom stereocenters. The number of rotatable bonds is 2. The number of nitrogens with zero attached hydrogens (tertiary/aromatic N) is 2. The van der Waals surface area contributed by atoms with Crippen LogP contribution in [0.1, 0.15) is 16.8 Å². The Morgan fingerprint density at radius 3 is 2.68 bits per heavy atom. The fourth-order valence-electron chi connectivity index (χ4n) is 2.68. The van der Waals surface area contributed by atoms with Gasteiger partial charge in [0.05, 0.1) is 5.56 Å². The highest BCUT2D eigenvalue weighted by Gasteiger charge is 2.23. The van der Waals surface area contributed by atoms with E-state index in [9.17, 15) is 4.79 Å². The van der Waals surface area contributed by atoms with E-state index in [2.05, 4.69) is 11.9 Å². The summed E-state index contributed by atoms with van der Waals surface area (Å²) in [5, 5.41) is 0. The van der Waals surface area contributed by atoms with Crippen LogP contribution >= 0.6 is 22.9 Å². The molecule has 1 aromatic carbocycles. The third-order valence-electron chi connectivity index (χ3n) is 3.98. The molecule has 1 saturated heterocycles. The van der Waals surface area contributed by atoms with Gasteiger partial charge >= 0.3 is 0 Å². The number of hydrogen-bond acceptors (Lipinski definition) is 3. The summed E-state index contributed by atoms with van der Waals surface area (Å²) in [4.78, 5) is 18.0. The molecule has 5 heteroatoms. The maximum atomic E-state index is 12.8. The number of carbonyl (C=O) groups is 1. The molecule has 3 nitrogen and oxygen atoms in total. The Kier molecular flexibility index (Phi) is 4.81. The van der Waals surface area contributed by atoms with Crippen molar-refractivity contribution in [1.82, 2.24) is 9.80 Å². The fraction of sp³-hybridized carbons (Fsp3) is 0.353. The molecule has 22 heavy (non-hydrogen) atoms. The van der Waals surface area contributed by atoms with Gasteiger partial charge in [-0.1, -0.05) is 41.9 Å². The van der Waals surface area contributed by atoms with Crippen molar-refractivity contribution in [3.63, 3.8) is 0 Å². The SMILES string of the molecule is CN1CCCN(C(=O)c2cc(-c3ccccc3)sc2Cl)CC1. The van der Waals surface area contributed by atoms with Gasteiger partial charge in [0, 0.05) is 24.5 Å². The van der Waals surface area contributed by atoms with Gasteiger partial charge in [-0.05, 0) is 31.6 Å². The first-order chi connectivity index (χ1) is 10.6. The van der Waals surface area contributed by atoms with Crippen molar-refractivity contribution < 1.29 is 4.79 Å². The van der Waals surface area contributed by atoms with Gasteiger partial charge in [-0.2, -0.15) is 0 Å². The zero-order valence-electron chi connectivity index (χ0n) is 12.6. The molecule has 2 heterocycles. The zero-order chi connectivity index (χ0) is 15.5. The van der Waals surface area contributed by atoms with Crippen LogP contribution < -0.4 is 0 Å². The second kappa shape index (κ2) is 6.82. The molecule has 116 valence electrons. The van der Waals surface area contributed by atoms with Crippen LogP contribution in [0.15, 0.2) is 36.4 Å². The normalized spacial score (nSPS) is 16.5. The van der Waals surface area contributed by atoms with Gasteiger partial charge < -0.3 is 9.80 Å². The zero-order valence-corrected chi connectivity index (χ0v) is 14.2. The molecule has 0 N–H and O–H groups in total. The molecule has 0 spiro atoms. The minimum atomic E-state index is 0.0544. The number of halogens is 1. The van der Waals surface area contributed by atoms with Crippen molar-refractivity contribution in [1.29, 1.82) is 0 Å². The predicted molar refractivity (Wildman–Crippen MR) is 92.8 cm³/mol. The molecule has 1 aromatic heterocycles. The van der Waals surface area contributed by atoms with Gasteiger partial charge in [0.2, 0.25) is 0 Å². The Labute approximate surface area is 140 Å². The summed E-state index contributed by atoms with van der Waals surface area (Å²) in [6.45, 7) is 3.52. The van der Waals surface area contributed by atoms with E-state index in [1.165, 1.54) is 11.3 Å². The van der Waals surface area contributed by atoms with Crippen LogP contribution in [0.4, 0.5) is 0 Å². The molecule has 1 fully saturated rings. The van der Waals surface area contributed by atoms with E-state index in [4.69, 9.17) is 11.6 Å². The van der Waals surface area contributed by atoms with Crippen LogP contribution in [-0.2, 0) is 0 Å². The van der Waals surface area contributed by atoms with E-state index in [1.54, 1.807) is 0 Å². The summed E-state index contributed by atoms with van der Waals surface area (Å²) in [7, 11) is 2.10. The molecule has 1 amide bonds. The Morgan fingerprint density at radius 2 is 1.91 bits per heavy atom. The lowest BCUT2D eigenvalue weighted by molar-refractivity contribution is 0.0763. The van der Waals surface area contributed by atoms with Gasteiger partial charge in [0.25, 0.3) is 5.91 Å². The lowest BCUT2D eigenvalue weighted by Gasteiger charge is -2.20. The summed E-state index contributed by atoms with van der Waals surface area (Å²) in [5.74, 6) is 0.0544. The molecule has 1 aliphatic heterocycles. The first-order valence-corrected chi connectivity index (χ1v) is 8.67. The Morgan fingerprint density at radius 1 is 1.14 bits per heavy atom. The van der Waals surface area contributed by atoms with E-state index in [-0.39, 0.29) is 5.91 Å². The number of likely N-dealkylation sites (N-methyl/N-ethyl adjacent to an activating group) is 1. The molecule has 0 atom stereocenters. The van der Waals surface area contributed by atoms with Crippen LogP contribution in [0.3, 0.4) is 0 Å². The first-order valence-electron chi connectivity index (χ1n) is 7.48. The highest BCUT2D eigenvalue weighted by molar-refractivity contribution is 7.19. The van der Waals surface area contributed by atoms with Crippen molar-refractivity contribution in [2.24, 2.45) is 0 Å². The molecule has 0 bridgehead atoms. The molecule has 1 aliphatic rings. The molecule has 0 saturated carbocycles. The lowest BCUT2D eigenvalue weighted by atomic mass is 10.1. The monoisotopic (exact) mass is 334 g/mol. The highest BCUT2D eigenvalue weighted by atomic mass is 35.5. The van der Waals surface area contributed by atoms with Crippen LogP contribution in [0.5, 0.6) is 0 Å². The summed E-state index contributed by atoms with van der Waals surface area (Å²) >= 11 is 7.81. The van der Waals surface area contributed by atoms with E-state index < -0.39 is 0 Å². The quantitative estimate of drug-likeness (QED) is 0.833. The van der Waals surface area contributed by atoms with E-state index >= 15 is 0 Å². The summed E-state index contributed by atoms with van der Waals surface area (Å²) in [6.07, 6.45) is 1.01. The second-order valence-corrected chi connectivity index (χ2v) is 7.27. The van der Waals surface area contributed by atoms with Gasteiger partial charge in [0.15, 0.2) is 0 Å². The maximum Gasteiger partial charge on any atom is 0.256 e. The Balaban J connectivity index is 1.82. The Hall–Kier alpha value is -1.36. The van der Waals surface area contributed by atoms with Crippen molar-refractivity contribution in [3.05, 3.63) is 46.3 Å². The van der Waals surface area contributed by atoms with E-state index in [1.807, 2.05) is 41.3 Å². The standard InChI is InChI=1S/C17H19ClN2OS/c1-19-8-5-9-20(11-10-19)17(21)14-12-15(22-16(14)18)13-6-3-2-4-7-13/h2-4,6-7,12H,5,8-11H2,1H3. The molecule has 0 radical (unpaired) electrons. The molecular weight excluding hydrogens is 316 g/mol. The van der Waals surface area contributed by atoms with Crippen molar-refractivity contribution in [3.8, 4) is 10.4 Å². The van der Waals surface area contributed by atoms with E-state index in [0.717, 1.165) is 43.0 Å². The summed E-state index contributed by atoms with van der Waals surface area (Å²) in [6, 6.07) is 12.0. The van der Waals surface area contributed by atoms with Crippen molar-refractivity contribution in [2.75, 3.05) is 33.2 Å². The maximum absolute atomic E-state index is 12.8. The highest BCUT2D eigenvalue weighted by Crippen LogP contribution is 2.35. The molecule has 0 aliphatic carbocycles. The summed E-state index contributed by atoms with van der Waals surface area (Å²) in [5.41, 5.74) is 1.74.